The van der Waals surface area contributed by atoms with E-state index < -0.39 is 5.41 Å². The van der Waals surface area contributed by atoms with Crippen molar-refractivity contribution in [2.75, 3.05) is 0 Å². The topological polar surface area (TPSA) is 9.86 Å². The van der Waals surface area contributed by atoms with E-state index in [1.807, 2.05) is 0 Å². The summed E-state index contributed by atoms with van der Waals surface area (Å²) in [5, 5.41) is 10.0. The molecule has 2 heterocycles. The zero-order chi connectivity index (χ0) is 42.4. The summed E-state index contributed by atoms with van der Waals surface area (Å²) in [7, 11) is 0. The van der Waals surface area contributed by atoms with Gasteiger partial charge in [-0.15, -0.1) is 0 Å². The molecule has 0 unspecified atom stereocenters. The van der Waals surface area contributed by atoms with Crippen molar-refractivity contribution in [3.05, 3.63) is 253 Å². The quantitative estimate of drug-likeness (QED) is 0.168. The first-order chi connectivity index (χ1) is 32.3. The molecule has 0 aliphatic heterocycles. The molecule has 0 N–H and O–H groups in total. The van der Waals surface area contributed by atoms with Crippen LogP contribution in [-0.2, 0) is 5.41 Å². The molecule has 2 aliphatic rings. The Morgan fingerprint density at radius 2 is 0.800 bits per heavy atom. The predicted molar refractivity (Wildman–Crippen MR) is 272 cm³/mol. The van der Waals surface area contributed by atoms with Crippen molar-refractivity contribution in [2.45, 2.75) is 5.41 Å². The Morgan fingerprint density at radius 1 is 0.292 bits per heavy atom. The lowest BCUT2D eigenvalue weighted by Crippen LogP contribution is -2.25. The molecule has 0 saturated carbocycles. The van der Waals surface area contributed by atoms with Gasteiger partial charge in [0.05, 0.1) is 27.5 Å². The maximum absolute atomic E-state index is 2.54. The summed E-state index contributed by atoms with van der Waals surface area (Å²) in [4.78, 5) is 0. The van der Waals surface area contributed by atoms with Gasteiger partial charge in [-0.05, 0) is 97.4 Å². The lowest BCUT2D eigenvalue weighted by molar-refractivity contribution is 0.794. The van der Waals surface area contributed by atoms with E-state index >= 15 is 0 Å². The van der Waals surface area contributed by atoms with Crippen LogP contribution in [0.25, 0.3) is 110 Å². The van der Waals surface area contributed by atoms with E-state index in [0.29, 0.717) is 0 Å². The third kappa shape index (κ3) is 4.39. The highest BCUT2D eigenvalue weighted by Crippen LogP contribution is 2.64. The molecule has 0 saturated heterocycles. The molecule has 15 rings (SSSR count). The molecule has 300 valence electrons. The number of para-hydroxylation sites is 2. The number of rotatable bonds is 3. The van der Waals surface area contributed by atoms with Crippen LogP contribution in [0.5, 0.6) is 0 Å². The highest BCUT2D eigenvalue weighted by molar-refractivity contribution is 6.39. The van der Waals surface area contributed by atoms with Crippen LogP contribution in [0.3, 0.4) is 0 Å². The van der Waals surface area contributed by atoms with Gasteiger partial charge < -0.3 is 9.13 Å². The summed E-state index contributed by atoms with van der Waals surface area (Å²) in [5.41, 5.74) is 20.0. The van der Waals surface area contributed by atoms with E-state index in [9.17, 15) is 0 Å². The molecule has 2 heteroatoms. The third-order valence-electron chi connectivity index (χ3n) is 14.9. The molecule has 0 atom stereocenters. The highest BCUT2D eigenvalue weighted by atomic mass is 15.0. The molecule has 0 fully saturated rings. The van der Waals surface area contributed by atoms with E-state index in [4.69, 9.17) is 0 Å². The minimum Gasteiger partial charge on any atom is -0.309 e. The molecule has 0 amide bonds. The maximum atomic E-state index is 2.54. The normalized spacial score (nSPS) is 13.4. The Hall–Kier alpha value is -8.46. The van der Waals surface area contributed by atoms with Gasteiger partial charge in [0.25, 0.3) is 0 Å². The standard InChI is InChI=1S/C63H38N2/c1-3-19-41(20-4-1)64-56-37-35-40(43-29-17-33-55-57(43)49-28-13-16-32-54(49)63(55)52-30-14-11-24-45(52)46-25-12-15-31-53(46)63)38-51(56)59-58-50-36-34-39-18-7-8-23-44(39)60(50)65(42-21-5-2-6-22-42)62(58)48-27-10-9-26-47(48)61(59)64/h1-38H. The van der Waals surface area contributed by atoms with Crippen LogP contribution in [-0.4, -0.2) is 9.13 Å². The molecule has 65 heavy (non-hydrogen) atoms. The molecule has 0 bridgehead atoms. The molecule has 11 aromatic carbocycles. The number of fused-ring (bicyclic) bond motifs is 22. The van der Waals surface area contributed by atoms with Crippen LogP contribution in [0.15, 0.2) is 231 Å². The average molecular weight is 823 g/mol. The zero-order valence-corrected chi connectivity index (χ0v) is 35.3. The lowest BCUT2D eigenvalue weighted by Gasteiger charge is -2.30. The largest absolute Gasteiger partial charge is 0.309 e. The van der Waals surface area contributed by atoms with Gasteiger partial charge in [0.2, 0.25) is 0 Å². The number of nitrogens with zero attached hydrogens (tertiary/aromatic N) is 2. The first-order valence-corrected chi connectivity index (χ1v) is 22.7. The number of hydrogen-bond acceptors (Lipinski definition) is 0. The minimum absolute atomic E-state index is 0.407. The fourth-order valence-corrected chi connectivity index (χ4v) is 12.5. The summed E-state index contributed by atoms with van der Waals surface area (Å²) in [6.45, 7) is 0. The third-order valence-corrected chi connectivity index (χ3v) is 14.9. The highest BCUT2D eigenvalue weighted by Gasteiger charge is 2.52. The second-order valence-corrected chi connectivity index (χ2v) is 17.9. The van der Waals surface area contributed by atoms with Crippen molar-refractivity contribution in [1.82, 2.24) is 9.13 Å². The van der Waals surface area contributed by atoms with Gasteiger partial charge in [-0.3, -0.25) is 0 Å². The maximum Gasteiger partial charge on any atom is 0.0725 e. The summed E-state index contributed by atoms with van der Waals surface area (Å²) in [5.74, 6) is 0. The molecule has 2 aliphatic carbocycles. The number of aromatic nitrogens is 2. The predicted octanol–water partition coefficient (Wildman–Crippen LogP) is 16.2. The fourth-order valence-electron chi connectivity index (χ4n) is 12.5. The van der Waals surface area contributed by atoms with Gasteiger partial charge >= 0.3 is 0 Å². The van der Waals surface area contributed by atoms with E-state index in [1.165, 1.54) is 121 Å². The van der Waals surface area contributed by atoms with E-state index in [-0.39, 0.29) is 0 Å². The molecular formula is C63H38N2. The van der Waals surface area contributed by atoms with Crippen molar-refractivity contribution < 1.29 is 0 Å². The smallest absolute Gasteiger partial charge is 0.0725 e. The van der Waals surface area contributed by atoms with Gasteiger partial charge in [-0.1, -0.05) is 194 Å². The van der Waals surface area contributed by atoms with E-state index in [0.717, 1.165) is 11.4 Å². The van der Waals surface area contributed by atoms with Crippen molar-refractivity contribution in [2.24, 2.45) is 0 Å². The van der Waals surface area contributed by atoms with Crippen molar-refractivity contribution in [3.8, 4) is 44.8 Å². The molecule has 13 aromatic rings. The van der Waals surface area contributed by atoms with Gasteiger partial charge in [-0.2, -0.15) is 0 Å². The van der Waals surface area contributed by atoms with E-state index in [2.05, 4.69) is 240 Å². The molecular weight excluding hydrogens is 785 g/mol. The van der Waals surface area contributed by atoms with Gasteiger partial charge in [0.15, 0.2) is 0 Å². The Kier molecular flexibility index (Phi) is 6.91. The number of benzene rings is 11. The van der Waals surface area contributed by atoms with Crippen LogP contribution in [0.4, 0.5) is 0 Å². The summed E-state index contributed by atoms with van der Waals surface area (Å²) in [6, 6.07) is 86.2. The summed E-state index contributed by atoms with van der Waals surface area (Å²) < 4.78 is 5.07. The average Bonchev–Trinajstić information content (AvgIpc) is 4.09. The van der Waals surface area contributed by atoms with Crippen LogP contribution >= 0.6 is 0 Å². The zero-order valence-electron chi connectivity index (χ0n) is 35.3. The van der Waals surface area contributed by atoms with Crippen LogP contribution in [0.1, 0.15) is 22.3 Å². The first-order valence-electron chi connectivity index (χ1n) is 22.7. The second kappa shape index (κ2) is 12.8. The Bertz CT molecular complexity index is 4120. The molecule has 2 aromatic heterocycles. The monoisotopic (exact) mass is 822 g/mol. The molecule has 2 nitrogen and oxygen atoms in total. The fraction of sp³-hybridized carbons (Fsp3) is 0.0159. The Labute approximate surface area is 375 Å². The van der Waals surface area contributed by atoms with Gasteiger partial charge in [0.1, 0.15) is 0 Å². The summed E-state index contributed by atoms with van der Waals surface area (Å²) in [6.07, 6.45) is 0. The van der Waals surface area contributed by atoms with Crippen LogP contribution < -0.4 is 0 Å². The van der Waals surface area contributed by atoms with Crippen molar-refractivity contribution in [1.29, 1.82) is 0 Å². The Balaban J connectivity index is 1.12. The van der Waals surface area contributed by atoms with Crippen LogP contribution in [0.2, 0.25) is 0 Å². The van der Waals surface area contributed by atoms with E-state index in [1.54, 1.807) is 0 Å². The Morgan fingerprint density at radius 3 is 1.49 bits per heavy atom. The minimum atomic E-state index is -0.407. The summed E-state index contributed by atoms with van der Waals surface area (Å²) >= 11 is 0. The molecule has 1 spiro atoms. The molecule has 0 radical (unpaired) electrons. The lowest BCUT2D eigenvalue weighted by atomic mass is 9.70. The van der Waals surface area contributed by atoms with Crippen molar-refractivity contribution >= 4 is 65.2 Å². The van der Waals surface area contributed by atoms with Crippen molar-refractivity contribution in [3.63, 3.8) is 0 Å². The SMILES string of the molecule is c1ccc(-n2c3ccc(-c4cccc5c4-c4ccccc4C54c5ccccc5-c5ccccc54)cc3c3c4c5ccc6ccccc6c5n(-c5ccccc5)c4c4ccccc4c32)cc1. The number of hydrogen-bond donors (Lipinski definition) is 0. The second-order valence-electron chi connectivity index (χ2n) is 17.9. The van der Waals surface area contributed by atoms with Crippen LogP contribution in [0, 0.1) is 0 Å². The van der Waals surface area contributed by atoms with Gasteiger partial charge in [-0.25, -0.2) is 0 Å². The van der Waals surface area contributed by atoms with Gasteiger partial charge in [0, 0.05) is 49.1 Å². The first kappa shape index (κ1) is 35.1.